The summed E-state index contributed by atoms with van der Waals surface area (Å²) in [6, 6.07) is 16.7. The van der Waals surface area contributed by atoms with Crippen LogP contribution in [0, 0.1) is 11.8 Å². The summed E-state index contributed by atoms with van der Waals surface area (Å²) in [6.45, 7) is 16.0. The van der Waals surface area contributed by atoms with E-state index in [-0.39, 0.29) is 63.2 Å². The van der Waals surface area contributed by atoms with Crippen molar-refractivity contribution in [3.8, 4) is 0 Å². The Morgan fingerprint density at radius 3 is 1.70 bits per heavy atom. The van der Waals surface area contributed by atoms with E-state index in [1.54, 1.807) is 88.4 Å². The van der Waals surface area contributed by atoms with Crippen LogP contribution < -0.4 is 21.8 Å². The van der Waals surface area contributed by atoms with Gasteiger partial charge in [0.2, 0.25) is 32.0 Å². The summed E-state index contributed by atoms with van der Waals surface area (Å²) in [7, 11) is -8.10. The van der Waals surface area contributed by atoms with Crippen molar-refractivity contribution in [3.63, 3.8) is 0 Å². The summed E-state index contributed by atoms with van der Waals surface area (Å²) in [4.78, 5) is 107. The molecule has 2 unspecified atom stereocenters. The molecule has 82 heavy (non-hydrogen) atoms. The summed E-state index contributed by atoms with van der Waals surface area (Å²) < 4.78 is 107. The van der Waals surface area contributed by atoms with E-state index in [0.717, 1.165) is 0 Å². The van der Waals surface area contributed by atoms with E-state index in [0.29, 0.717) is 29.5 Å². The molecule has 2 aromatic carbocycles. The van der Waals surface area contributed by atoms with Crippen molar-refractivity contribution < 1.29 is 72.4 Å². The van der Waals surface area contributed by atoms with Crippen molar-refractivity contribution in [1.82, 2.24) is 39.5 Å². The molecule has 0 bridgehead atoms. The molecule has 0 saturated carbocycles. The maximum atomic E-state index is 15.3. The number of imidazole rings is 2. The molecule has 8 rings (SSSR count). The van der Waals surface area contributed by atoms with Crippen molar-refractivity contribution in [3.05, 3.63) is 105 Å². The standard InChI is InChI=1S/C22H24FN5O4S.C15H17FO4S.C9H11N5O2.C4H9F3O3SSi/c1-4-13-14(23)16(32-21(31)12-8-6-5-7-9-12)20(33-13)28-10-24-15-17(28)25-22(27-19(15)30)26-18(29)11(2)3;1-3-11-12(16)13(15(21-11)19-9(2)17)20-14(18)10-7-5-4-6-8-10;1-4(2)7(15)13-9-12-6-5(8(16)14-9)10-3-11-6;1-12(2,3)10-11(8,9)4(5,6)7/h5-11,13-14,16,20H,4H2,1-3H3,(H2,25,26,27,29,30);4-8,11-13,15H,3H2,1-2H3;3-4H,1-2H3,(H3,10,11,12,13,14,15,16);1-3H3/t13-,14+,16?,20-;11-,12+,13?,15-;;/m11../s1. The van der Waals surface area contributed by atoms with Gasteiger partial charge < -0.3 is 23.1 Å². The number of nitrogens with one attached hydrogen (secondary N) is 5. The Hall–Kier alpha value is -7.03. The molecule has 2 amide bonds. The molecular weight excluding hydrogens is 1170 g/mol. The molecule has 5 N–H and O–H groups in total. The number of aromatic amines is 3. The van der Waals surface area contributed by atoms with Crippen molar-refractivity contribution in [2.45, 2.75) is 132 Å². The van der Waals surface area contributed by atoms with E-state index in [9.17, 15) is 59.5 Å². The number of amides is 2. The number of carbonyl (C=O) groups is 5. The Bertz CT molecular complexity index is 3420. The van der Waals surface area contributed by atoms with Gasteiger partial charge in [0.15, 0.2) is 52.3 Å². The number of carbonyl (C=O) groups excluding carboxylic acids is 5. The highest BCUT2D eigenvalue weighted by atomic mass is 32.2. The van der Waals surface area contributed by atoms with Crippen molar-refractivity contribution in [2.24, 2.45) is 11.8 Å². The number of hydrogen-bond acceptors (Lipinski definition) is 19. The minimum Gasteiger partial charge on any atom is -0.452 e. The second kappa shape index (κ2) is 28.3. The first-order chi connectivity index (χ1) is 38.4. The predicted octanol–water partition coefficient (Wildman–Crippen LogP) is 8.19. The number of benzene rings is 2. The summed E-state index contributed by atoms with van der Waals surface area (Å²) in [6.07, 6.45) is -1.10. The summed E-state index contributed by atoms with van der Waals surface area (Å²) >= 11 is 2.50. The van der Waals surface area contributed by atoms with Crippen LogP contribution in [0.2, 0.25) is 19.6 Å². The normalized spacial score (nSPS) is 20.6. The molecule has 0 spiro atoms. The van der Waals surface area contributed by atoms with Gasteiger partial charge in [-0.2, -0.15) is 31.6 Å². The molecule has 2 aliphatic rings. The number of aromatic nitrogens is 8. The van der Waals surface area contributed by atoms with Gasteiger partial charge in [0.1, 0.15) is 5.37 Å². The van der Waals surface area contributed by atoms with Gasteiger partial charge >= 0.3 is 33.5 Å². The first-order valence-electron chi connectivity index (χ1n) is 25.2. The summed E-state index contributed by atoms with van der Waals surface area (Å²) in [5, 5.41) is 3.62. The predicted molar refractivity (Wildman–Crippen MR) is 298 cm³/mol. The minimum absolute atomic E-state index is 0.0300. The lowest BCUT2D eigenvalue weighted by atomic mass is 10.1. The third-order valence-corrected chi connectivity index (χ3v) is 18.0. The molecule has 23 nitrogen and oxygen atoms in total. The summed E-state index contributed by atoms with van der Waals surface area (Å²) in [5.41, 5.74) is -5.56. The van der Waals surface area contributed by atoms with Gasteiger partial charge in [-0.25, -0.2) is 28.3 Å². The van der Waals surface area contributed by atoms with E-state index < -0.39 is 88.0 Å². The van der Waals surface area contributed by atoms with Crippen LogP contribution in [0.1, 0.15) is 87.4 Å². The zero-order valence-electron chi connectivity index (χ0n) is 45.8. The van der Waals surface area contributed by atoms with Crippen LogP contribution >= 0.6 is 23.5 Å². The number of ether oxygens (including phenoxy) is 3. The monoisotopic (exact) mass is 1230 g/mol. The van der Waals surface area contributed by atoms with Crippen LogP contribution in [0.15, 0.2) is 82.9 Å². The number of anilines is 2. The van der Waals surface area contributed by atoms with Gasteiger partial charge in [0, 0.05) is 29.3 Å². The average molecular weight is 1230 g/mol. The number of thioether (sulfide) groups is 2. The average Bonchev–Trinajstić information content (AvgIpc) is 3.73. The van der Waals surface area contributed by atoms with Gasteiger partial charge in [-0.15, -0.1) is 23.5 Å². The van der Waals surface area contributed by atoms with Gasteiger partial charge in [-0.05, 0) is 56.7 Å². The second-order valence-corrected chi connectivity index (χ2v) is 28.5. The Kier molecular flexibility index (Phi) is 22.7. The number of esters is 3. The fourth-order valence-corrected chi connectivity index (χ4v) is 13.2. The Morgan fingerprint density at radius 2 is 1.22 bits per heavy atom. The van der Waals surface area contributed by atoms with E-state index >= 15 is 4.39 Å². The van der Waals surface area contributed by atoms with Crippen LogP contribution in [-0.4, -0.2) is 132 Å². The molecule has 2 aliphatic heterocycles. The van der Waals surface area contributed by atoms with E-state index in [1.807, 2.05) is 13.8 Å². The topological polar surface area (TPSA) is 318 Å². The van der Waals surface area contributed by atoms with Crippen LogP contribution in [-0.2, 0) is 42.6 Å². The second-order valence-electron chi connectivity index (χ2n) is 19.5. The Balaban J connectivity index is 0.000000216. The Morgan fingerprint density at radius 1 is 0.732 bits per heavy atom. The third kappa shape index (κ3) is 17.5. The highest BCUT2D eigenvalue weighted by molar-refractivity contribution is 8.00. The van der Waals surface area contributed by atoms with Gasteiger partial charge in [-0.1, -0.05) is 77.9 Å². The third-order valence-electron chi connectivity index (χ3n) is 11.3. The lowest BCUT2D eigenvalue weighted by Crippen LogP contribution is -2.36. The minimum atomic E-state index is -5.39. The smallest absolute Gasteiger partial charge is 0.452 e. The van der Waals surface area contributed by atoms with Gasteiger partial charge in [0.25, 0.3) is 11.1 Å². The van der Waals surface area contributed by atoms with Gasteiger partial charge in [-0.3, -0.25) is 49.1 Å². The number of rotatable bonds is 14. The number of nitrogens with zero attached hydrogens (tertiary/aromatic N) is 5. The fourth-order valence-electron chi connectivity index (χ4n) is 7.26. The molecule has 0 radical (unpaired) electrons. The van der Waals surface area contributed by atoms with Crippen molar-refractivity contribution >= 4 is 106 Å². The molecular formula is C50H61F5N10O13S3Si. The number of H-pyrrole nitrogens is 3. The maximum absolute atomic E-state index is 15.3. The molecule has 6 heterocycles. The Labute approximate surface area is 475 Å². The van der Waals surface area contributed by atoms with Crippen LogP contribution in [0.4, 0.5) is 33.8 Å². The van der Waals surface area contributed by atoms with Crippen molar-refractivity contribution in [1.29, 1.82) is 0 Å². The molecule has 446 valence electrons. The zero-order chi connectivity index (χ0) is 61.0. The molecule has 4 aromatic heterocycles. The quantitative estimate of drug-likeness (QED) is 0.0225. The summed E-state index contributed by atoms with van der Waals surface area (Å²) in [5.74, 6) is -2.70. The molecule has 2 fully saturated rings. The highest BCUT2D eigenvalue weighted by Crippen LogP contribution is 2.47. The first kappa shape index (κ1) is 65.8. The molecule has 32 heteroatoms. The number of fused-ring (bicyclic) bond motifs is 2. The first-order valence-corrected chi connectivity index (χ1v) is 31.9. The molecule has 2 saturated heterocycles. The lowest BCUT2D eigenvalue weighted by molar-refractivity contribution is -0.147. The van der Waals surface area contributed by atoms with E-state index in [4.69, 9.17) is 14.2 Å². The van der Waals surface area contributed by atoms with Crippen LogP contribution in [0.25, 0.3) is 22.3 Å². The van der Waals surface area contributed by atoms with E-state index in [2.05, 4.69) is 49.4 Å². The molecule has 8 atom stereocenters. The van der Waals surface area contributed by atoms with Crippen molar-refractivity contribution in [2.75, 3.05) is 10.6 Å². The number of hydrogen-bond donors (Lipinski definition) is 5. The SMILES string of the molecule is CC(C)C(=O)Nc1nc2nc[nH]c2c(=O)[nH]1.CC[C@H]1S[C@@H](OC(C)=O)C(OC(=O)c2ccccc2)[C@H]1F.CC[C@H]1S[C@@H](n2cnc3c(=O)[nH]c(NC(=O)C(C)C)nc32)C(OC(=O)c2ccccc2)[C@H]1F.C[Si](C)(C)OS(=O)(=O)C(F)(F)F. The van der Waals surface area contributed by atoms with Crippen LogP contribution in [0.5, 0.6) is 0 Å². The fraction of sp³-hybridized carbons (Fsp3) is 0.460. The van der Waals surface area contributed by atoms with Gasteiger partial charge in [0.05, 0.1) is 23.8 Å². The molecule has 6 aromatic rings. The van der Waals surface area contributed by atoms with Crippen LogP contribution in [0.3, 0.4) is 0 Å². The lowest BCUT2D eigenvalue weighted by Gasteiger charge is -2.22. The highest BCUT2D eigenvalue weighted by Gasteiger charge is 2.51. The maximum Gasteiger partial charge on any atom is 0.522 e. The zero-order valence-corrected chi connectivity index (χ0v) is 49.2. The molecule has 0 aliphatic carbocycles. The number of halogens is 5. The largest absolute Gasteiger partial charge is 0.522 e. The number of alkyl halides is 5. The van der Waals surface area contributed by atoms with E-state index in [1.165, 1.54) is 67.3 Å².